The maximum absolute atomic E-state index is 10.9. The summed E-state index contributed by atoms with van der Waals surface area (Å²) in [5, 5.41) is 10.9. The molecule has 1 aromatic heterocycles. The summed E-state index contributed by atoms with van der Waals surface area (Å²) in [4.78, 5) is 13.3. The zero-order chi connectivity index (χ0) is 15.9. The Morgan fingerprint density at radius 3 is 2.64 bits per heavy atom. The van der Waals surface area contributed by atoms with Crippen molar-refractivity contribution in [2.24, 2.45) is 0 Å². The van der Waals surface area contributed by atoms with Crippen molar-refractivity contribution in [3.63, 3.8) is 0 Å². The van der Waals surface area contributed by atoms with Crippen molar-refractivity contribution in [2.45, 2.75) is 18.4 Å². The topological polar surface area (TPSA) is 49.8 Å². The van der Waals surface area contributed by atoms with Gasteiger partial charge in [0.15, 0.2) is 0 Å². The number of rotatable bonds is 7. The molecule has 118 valence electrons. The van der Waals surface area contributed by atoms with Crippen molar-refractivity contribution in [1.29, 1.82) is 0 Å². The highest BCUT2D eigenvalue weighted by Gasteiger charge is 2.17. The fourth-order valence-corrected chi connectivity index (χ4v) is 2.93. The van der Waals surface area contributed by atoms with E-state index in [9.17, 15) is 4.79 Å². The summed E-state index contributed by atoms with van der Waals surface area (Å²) >= 11 is 7.39. The number of amides is 1. The lowest BCUT2D eigenvalue weighted by Gasteiger charge is -2.21. The summed E-state index contributed by atoms with van der Waals surface area (Å²) in [7, 11) is 1.56. The van der Waals surface area contributed by atoms with E-state index in [1.165, 1.54) is 4.90 Å². The molecular formula is C16H18ClNO3S. The number of carbonyl (C=O) groups is 1. The molecule has 22 heavy (non-hydrogen) atoms. The number of alkyl halides is 1. The van der Waals surface area contributed by atoms with E-state index in [2.05, 4.69) is 0 Å². The Kier molecular flexibility index (Phi) is 6.10. The predicted molar refractivity (Wildman–Crippen MR) is 89.0 cm³/mol. The van der Waals surface area contributed by atoms with E-state index in [-0.39, 0.29) is 6.10 Å². The molecule has 1 unspecified atom stereocenters. The zero-order valence-corrected chi connectivity index (χ0v) is 13.8. The molecule has 1 aromatic carbocycles. The lowest BCUT2D eigenvalue weighted by Crippen LogP contribution is -2.27. The number of carboxylic acid groups (broad SMARTS) is 1. The predicted octanol–water partition coefficient (Wildman–Crippen LogP) is 4.61. The first kappa shape index (κ1) is 16.6. The molecule has 2 aromatic rings. The van der Waals surface area contributed by atoms with Crippen LogP contribution >= 0.6 is 22.9 Å². The molecule has 1 N–H and O–H groups in total. The number of hydrogen-bond donors (Lipinski definition) is 1. The fourth-order valence-electron chi connectivity index (χ4n) is 1.96. The summed E-state index contributed by atoms with van der Waals surface area (Å²) in [6, 6.07) is 11.6. The summed E-state index contributed by atoms with van der Waals surface area (Å²) < 4.78 is 6.04. The number of hydrogen-bond acceptors (Lipinski definition) is 3. The zero-order valence-electron chi connectivity index (χ0n) is 12.2. The van der Waals surface area contributed by atoms with Crippen LogP contribution in [0.5, 0.6) is 5.75 Å². The van der Waals surface area contributed by atoms with Crippen molar-refractivity contribution in [3.8, 4) is 5.75 Å². The molecule has 0 radical (unpaired) electrons. The van der Waals surface area contributed by atoms with E-state index in [0.29, 0.717) is 18.8 Å². The van der Waals surface area contributed by atoms with Crippen LogP contribution in [-0.2, 0) is 5.88 Å². The van der Waals surface area contributed by atoms with E-state index in [1.54, 1.807) is 18.4 Å². The van der Waals surface area contributed by atoms with E-state index in [1.807, 2.05) is 41.8 Å². The summed E-state index contributed by atoms with van der Waals surface area (Å²) in [5.41, 5.74) is 1.03. The van der Waals surface area contributed by atoms with E-state index in [4.69, 9.17) is 21.4 Å². The molecule has 1 heterocycles. The van der Waals surface area contributed by atoms with Gasteiger partial charge in [0.2, 0.25) is 0 Å². The Morgan fingerprint density at radius 2 is 2.09 bits per heavy atom. The Labute approximate surface area is 138 Å². The first-order chi connectivity index (χ1) is 10.6. The van der Waals surface area contributed by atoms with E-state index < -0.39 is 6.09 Å². The molecule has 0 aliphatic heterocycles. The maximum Gasteiger partial charge on any atom is 0.407 e. The SMILES string of the molecule is CN(CCC(Oc1ccc(CCl)cc1)c1cccs1)C(=O)O. The summed E-state index contributed by atoms with van der Waals surface area (Å²) in [5.74, 6) is 1.23. The normalized spacial score (nSPS) is 11.9. The molecule has 0 aliphatic carbocycles. The van der Waals surface area contributed by atoms with Gasteiger partial charge < -0.3 is 14.7 Å². The minimum atomic E-state index is -0.934. The van der Waals surface area contributed by atoms with Crippen LogP contribution < -0.4 is 4.74 Å². The van der Waals surface area contributed by atoms with Gasteiger partial charge in [0.1, 0.15) is 11.9 Å². The molecule has 0 saturated heterocycles. The van der Waals surface area contributed by atoms with Gasteiger partial charge in [0.25, 0.3) is 0 Å². The standard InChI is InChI=1S/C16H18ClNO3S/c1-18(16(19)20)9-8-14(15-3-2-10-22-15)21-13-6-4-12(11-17)5-7-13/h2-7,10,14H,8-9,11H2,1H3,(H,19,20). The quantitative estimate of drug-likeness (QED) is 0.749. The highest BCUT2D eigenvalue weighted by atomic mass is 35.5. The number of nitrogens with zero attached hydrogens (tertiary/aromatic N) is 1. The molecule has 4 nitrogen and oxygen atoms in total. The number of halogens is 1. The molecule has 0 bridgehead atoms. The van der Waals surface area contributed by atoms with Gasteiger partial charge in [-0.2, -0.15) is 0 Å². The third-order valence-corrected chi connectivity index (χ3v) is 4.54. The average Bonchev–Trinajstić information content (AvgIpc) is 3.05. The van der Waals surface area contributed by atoms with Gasteiger partial charge in [-0.25, -0.2) is 4.79 Å². The highest BCUT2D eigenvalue weighted by molar-refractivity contribution is 7.10. The third kappa shape index (κ3) is 4.64. The second kappa shape index (κ2) is 8.06. The van der Waals surface area contributed by atoms with Crippen molar-refractivity contribution >= 4 is 29.0 Å². The van der Waals surface area contributed by atoms with Gasteiger partial charge >= 0.3 is 6.09 Å². The lowest BCUT2D eigenvalue weighted by molar-refractivity contribution is 0.141. The molecule has 0 fully saturated rings. The van der Waals surface area contributed by atoms with Crippen LogP contribution in [0.4, 0.5) is 4.79 Å². The minimum absolute atomic E-state index is 0.163. The van der Waals surface area contributed by atoms with Gasteiger partial charge in [0, 0.05) is 30.8 Å². The van der Waals surface area contributed by atoms with Crippen LogP contribution in [0.3, 0.4) is 0 Å². The molecule has 0 aliphatic rings. The Bertz CT molecular complexity index is 586. The van der Waals surface area contributed by atoms with Crippen molar-refractivity contribution in [1.82, 2.24) is 4.90 Å². The molecule has 1 atom stereocenters. The molecule has 0 saturated carbocycles. The molecular weight excluding hydrogens is 322 g/mol. The van der Waals surface area contributed by atoms with Crippen molar-refractivity contribution < 1.29 is 14.6 Å². The van der Waals surface area contributed by atoms with E-state index in [0.717, 1.165) is 16.2 Å². The van der Waals surface area contributed by atoms with Crippen LogP contribution in [0.2, 0.25) is 0 Å². The van der Waals surface area contributed by atoms with Gasteiger partial charge in [-0.05, 0) is 29.1 Å². The number of ether oxygens (including phenoxy) is 1. The maximum atomic E-state index is 10.9. The van der Waals surface area contributed by atoms with Gasteiger partial charge in [-0.1, -0.05) is 18.2 Å². The highest BCUT2D eigenvalue weighted by Crippen LogP contribution is 2.28. The second-order valence-corrected chi connectivity index (χ2v) is 6.14. The Morgan fingerprint density at radius 1 is 1.36 bits per heavy atom. The number of thiophene rings is 1. The number of benzene rings is 1. The first-order valence-electron chi connectivity index (χ1n) is 6.89. The monoisotopic (exact) mass is 339 g/mol. The first-order valence-corrected chi connectivity index (χ1v) is 8.30. The van der Waals surface area contributed by atoms with Crippen molar-refractivity contribution in [3.05, 3.63) is 52.2 Å². The van der Waals surface area contributed by atoms with Gasteiger partial charge in [-0.15, -0.1) is 22.9 Å². The summed E-state index contributed by atoms with van der Waals surface area (Å²) in [6.45, 7) is 0.414. The molecule has 6 heteroatoms. The average molecular weight is 340 g/mol. The molecule has 2 rings (SSSR count). The van der Waals surface area contributed by atoms with Crippen LogP contribution in [0, 0.1) is 0 Å². The molecule has 1 amide bonds. The van der Waals surface area contributed by atoms with Crippen LogP contribution in [-0.4, -0.2) is 29.7 Å². The van der Waals surface area contributed by atoms with E-state index >= 15 is 0 Å². The lowest BCUT2D eigenvalue weighted by atomic mass is 10.2. The van der Waals surface area contributed by atoms with Crippen LogP contribution in [0.1, 0.15) is 23.0 Å². The Hall–Kier alpha value is -1.72. The second-order valence-electron chi connectivity index (χ2n) is 4.89. The Balaban J connectivity index is 2.05. The third-order valence-electron chi connectivity index (χ3n) is 3.27. The van der Waals surface area contributed by atoms with Crippen LogP contribution in [0.15, 0.2) is 41.8 Å². The fraction of sp³-hybridized carbons (Fsp3) is 0.312. The van der Waals surface area contributed by atoms with Gasteiger partial charge in [0.05, 0.1) is 0 Å². The molecule has 0 spiro atoms. The smallest absolute Gasteiger partial charge is 0.407 e. The van der Waals surface area contributed by atoms with Crippen LogP contribution in [0.25, 0.3) is 0 Å². The van der Waals surface area contributed by atoms with Gasteiger partial charge in [-0.3, -0.25) is 0 Å². The summed E-state index contributed by atoms with van der Waals surface area (Å²) in [6.07, 6.45) is -0.499. The largest absolute Gasteiger partial charge is 0.485 e. The minimum Gasteiger partial charge on any atom is -0.485 e. The van der Waals surface area contributed by atoms with Crippen molar-refractivity contribution in [2.75, 3.05) is 13.6 Å².